The molecule has 0 spiro atoms. The van der Waals surface area contributed by atoms with Crippen molar-refractivity contribution in [3.8, 4) is 17.0 Å². The highest BCUT2D eigenvalue weighted by Crippen LogP contribution is 2.25. The number of hydrogen-bond acceptors (Lipinski definition) is 8. The maximum atomic E-state index is 12.7. The van der Waals surface area contributed by atoms with Crippen LogP contribution in [0.2, 0.25) is 0 Å². The molecule has 2 heterocycles. The lowest BCUT2D eigenvalue weighted by molar-refractivity contribution is -0.119. The Morgan fingerprint density at radius 1 is 1.14 bits per heavy atom. The van der Waals surface area contributed by atoms with Gasteiger partial charge >= 0.3 is 0 Å². The summed E-state index contributed by atoms with van der Waals surface area (Å²) in [7, 11) is 5.57. The van der Waals surface area contributed by atoms with Crippen LogP contribution in [0.5, 0.6) is 5.75 Å². The van der Waals surface area contributed by atoms with Gasteiger partial charge in [0.2, 0.25) is 11.9 Å². The van der Waals surface area contributed by atoms with Crippen LogP contribution in [-0.2, 0) is 11.3 Å². The second-order valence-corrected chi connectivity index (χ2v) is 8.43. The number of fused-ring (bicyclic) bond motifs is 1. The van der Waals surface area contributed by atoms with Crippen LogP contribution in [0.25, 0.3) is 22.3 Å². The minimum atomic E-state index is -0.0607. The Morgan fingerprint density at radius 2 is 2.00 bits per heavy atom. The fourth-order valence-corrected chi connectivity index (χ4v) is 3.70. The van der Waals surface area contributed by atoms with E-state index < -0.39 is 0 Å². The number of likely N-dealkylation sites (N-methyl/N-ethyl adjacent to an activating group) is 1. The number of amides is 1. The summed E-state index contributed by atoms with van der Waals surface area (Å²) >= 11 is 0. The predicted octanol–water partition coefficient (Wildman–Crippen LogP) is 2.30. The van der Waals surface area contributed by atoms with Gasteiger partial charge in [-0.2, -0.15) is 0 Å². The Labute approximate surface area is 204 Å². The molecule has 4 N–H and O–H groups in total. The highest BCUT2D eigenvalue weighted by Gasteiger charge is 2.16. The zero-order valence-corrected chi connectivity index (χ0v) is 20.2. The molecule has 2 aromatic carbocycles. The molecule has 4 rings (SSSR count). The Balaban J connectivity index is 1.57. The lowest BCUT2D eigenvalue weighted by Crippen LogP contribution is -2.39. The number of carbonyl (C=O) groups is 1. The van der Waals surface area contributed by atoms with Gasteiger partial charge < -0.3 is 30.6 Å². The summed E-state index contributed by atoms with van der Waals surface area (Å²) in [6.45, 7) is 1.95. The highest BCUT2D eigenvalue weighted by molar-refractivity contribution is 5.82. The number of H-pyrrole nitrogens is 1. The van der Waals surface area contributed by atoms with Crippen molar-refractivity contribution in [3.63, 3.8) is 0 Å². The van der Waals surface area contributed by atoms with Gasteiger partial charge in [0.1, 0.15) is 11.6 Å². The molecule has 0 atom stereocenters. The van der Waals surface area contributed by atoms with Crippen molar-refractivity contribution in [2.75, 3.05) is 51.5 Å². The van der Waals surface area contributed by atoms with Gasteiger partial charge in [-0.15, -0.1) is 0 Å². The van der Waals surface area contributed by atoms with Crippen LogP contribution in [-0.4, -0.2) is 71.6 Å². The van der Waals surface area contributed by atoms with E-state index in [1.54, 1.807) is 13.3 Å². The Morgan fingerprint density at radius 3 is 2.77 bits per heavy atom. The molecule has 2 aromatic heterocycles. The lowest BCUT2D eigenvalue weighted by Gasteiger charge is -2.24. The number of anilines is 2. The number of hydrogen-bond donors (Lipinski definition) is 3. The molecule has 10 heteroatoms. The van der Waals surface area contributed by atoms with Crippen LogP contribution in [0.3, 0.4) is 0 Å². The van der Waals surface area contributed by atoms with Crippen molar-refractivity contribution >= 4 is 28.6 Å². The summed E-state index contributed by atoms with van der Waals surface area (Å²) in [5, 5.41) is 2.98. The Kier molecular flexibility index (Phi) is 7.41. The van der Waals surface area contributed by atoms with E-state index in [-0.39, 0.29) is 18.4 Å². The van der Waals surface area contributed by atoms with Crippen molar-refractivity contribution in [3.05, 3.63) is 60.6 Å². The fraction of sp³-hybridized carbons (Fsp3) is 0.280. The van der Waals surface area contributed by atoms with E-state index in [1.165, 1.54) is 0 Å². The number of methoxy groups -OCH3 is 1. The van der Waals surface area contributed by atoms with Crippen LogP contribution in [0, 0.1) is 0 Å². The number of aromatic amines is 1. The standard InChI is InChI=1S/C25H30N8O2/c1-32(2)12-11-27-24(34)16-33(18-5-4-6-19(14-18)35-3)15-23-29-21-8-7-17(13-22(21)30-23)20-9-10-28-25(26)31-20/h4-10,13-14H,11-12,15-16H2,1-3H3,(H,27,34)(H,29,30)(H2,26,28,31). The maximum absolute atomic E-state index is 12.7. The summed E-state index contributed by atoms with van der Waals surface area (Å²) in [4.78, 5) is 33.1. The molecule has 0 saturated heterocycles. The zero-order chi connectivity index (χ0) is 24.8. The SMILES string of the molecule is COc1cccc(N(CC(=O)NCCN(C)C)Cc2nc3cc(-c4ccnc(N)n4)ccc3[nH]2)c1. The molecule has 0 fully saturated rings. The van der Waals surface area contributed by atoms with E-state index in [1.807, 2.05) is 72.4 Å². The van der Waals surface area contributed by atoms with E-state index in [2.05, 4.69) is 20.3 Å². The molecule has 0 aliphatic rings. The summed E-state index contributed by atoms with van der Waals surface area (Å²) in [6, 6.07) is 15.3. The summed E-state index contributed by atoms with van der Waals surface area (Å²) in [5.41, 5.74) is 9.93. The summed E-state index contributed by atoms with van der Waals surface area (Å²) in [5.74, 6) is 1.62. The Bertz CT molecular complexity index is 1300. The second kappa shape index (κ2) is 10.8. The second-order valence-electron chi connectivity index (χ2n) is 8.43. The van der Waals surface area contributed by atoms with Crippen molar-refractivity contribution in [1.82, 2.24) is 30.2 Å². The molecule has 35 heavy (non-hydrogen) atoms. The average molecular weight is 475 g/mol. The smallest absolute Gasteiger partial charge is 0.239 e. The number of carbonyl (C=O) groups excluding carboxylic acids is 1. The van der Waals surface area contributed by atoms with Gasteiger partial charge in [0, 0.05) is 36.6 Å². The first kappa shape index (κ1) is 24.0. The van der Waals surface area contributed by atoms with E-state index in [9.17, 15) is 4.79 Å². The monoisotopic (exact) mass is 474 g/mol. The predicted molar refractivity (Wildman–Crippen MR) is 137 cm³/mol. The van der Waals surface area contributed by atoms with Gasteiger partial charge in [0.05, 0.1) is 36.9 Å². The number of nitrogens with one attached hydrogen (secondary N) is 2. The minimum absolute atomic E-state index is 0.0607. The first-order valence-corrected chi connectivity index (χ1v) is 11.3. The van der Waals surface area contributed by atoms with Crippen LogP contribution >= 0.6 is 0 Å². The molecule has 0 saturated carbocycles. The highest BCUT2D eigenvalue weighted by atomic mass is 16.5. The van der Waals surface area contributed by atoms with E-state index in [0.29, 0.717) is 13.1 Å². The molecule has 182 valence electrons. The molecule has 0 bridgehead atoms. The quantitative estimate of drug-likeness (QED) is 0.320. The van der Waals surface area contributed by atoms with Crippen molar-refractivity contribution in [1.29, 1.82) is 0 Å². The van der Waals surface area contributed by atoms with Gasteiger partial charge in [-0.3, -0.25) is 4.79 Å². The molecular formula is C25H30N8O2. The topological polar surface area (TPSA) is 125 Å². The van der Waals surface area contributed by atoms with Crippen molar-refractivity contribution < 1.29 is 9.53 Å². The molecular weight excluding hydrogens is 444 g/mol. The molecule has 1 amide bonds. The van der Waals surface area contributed by atoms with Gasteiger partial charge in [-0.1, -0.05) is 12.1 Å². The van der Waals surface area contributed by atoms with E-state index in [0.717, 1.165) is 46.1 Å². The number of rotatable bonds is 10. The largest absolute Gasteiger partial charge is 0.497 e. The van der Waals surface area contributed by atoms with Gasteiger partial charge in [-0.25, -0.2) is 15.0 Å². The summed E-state index contributed by atoms with van der Waals surface area (Å²) in [6.07, 6.45) is 1.63. The van der Waals surface area contributed by atoms with Gasteiger partial charge in [0.25, 0.3) is 0 Å². The number of benzene rings is 2. The van der Waals surface area contributed by atoms with E-state index >= 15 is 0 Å². The molecule has 0 radical (unpaired) electrons. The van der Waals surface area contributed by atoms with Crippen molar-refractivity contribution in [2.45, 2.75) is 6.54 Å². The molecule has 0 aliphatic carbocycles. The van der Waals surface area contributed by atoms with Crippen LogP contribution in [0.1, 0.15) is 5.82 Å². The number of aromatic nitrogens is 4. The zero-order valence-electron chi connectivity index (χ0n) is 20.2. The van der Waals surface area contributed by atoms with Crippen LogP contribution < -0.4 is 20.7 Å². The van der Waals surface area contributed by atoms with Crippen molar-refractivity contribution in [2.24, 2.45) is 0 Å². The number of nitrogens with zero attached hydrogens (tertiary/aromatic N) is 5. The summed E-state index contributed by atoms with van der Waals surface area (Å²) < 4.78 is 5.39. The normalized spacial score (nSPS) is 11.1. The lowest BCUT2D eigenvalue weighted by atomic mass is 10.1. The number of ether oxygens (including phenoxy) is 1. The van der Waals surface area contributed by atoms with Gasteiger partial charge in [0.15, 0.2) is 0 Å². The third kappa shape index (κ3) is 6.24. The first-order chi connectivity index (χ1) is 16.9. The third-order valence-corrected chi connectivity index (χ3v) is 5.48. The third-order valence-electron chi connectivity index (χ3n) is 5.48. The van der Waals surface area contributed by atoms with Gasteiger partial charge in [-0.05, 0) is 44.4 Å². The fourth-order valence-electron chi connectivity index (χ4n) is 3.70. The molecule has 4 aromatic rings. The molecule has 10 nitrogen and oxygen atoms in total. The molecule has 0 unspecified atom stereocenters. The average Bonchev–Trinajstić information content (AvgIpc) is 3.25. The number of imidazole rings is 1. The number of nitrogens with two attached hydrogens (primary N) is 1. The van der Waals surface area contributed by atoms with Crippen LogP contribution in [0.4, 0.5) is 11.6 Å². The number of nitrogen functional groups attached to an aromatic ring is 1. The first-order valence-electron chi connectivity index (χ1n) is 11.3. The van der Waals surface area contributed by atoms with E-state index in [4.69, 9.17) is 15.5 Å². The Hall–Kier alpha value is -4.18. The molecule has 0 aliphatic heterocycles. The van der Waals surface area contributed by atoms with Crippen LogP contribution in [0.15, 0.2) is 54.7 Å². The minimum Gasteiger partial charge on any atom is -0.497 e. The maximum Gasteiger partial charge on any atom is 0.239 e.